The number of hydrogen-bond donors (Lipinski definition) is 2. The Labute approximate surface area is 81.7 Å². The summed E-state index contributed by atoms with van der Waals surface area (Å²) in [5.41, 5.74) is 0. The lowest BCUT2D eigenvalue weighted by Gasteiger charge is -2.17. The van der Waals surface area contributed by atoms with Crippen molar-refractivity contribution in [3.63, 3.8) is 0 Å². The molecule has 1 fully saturated rings. The van der Waals surface area contributed by atoms with Gasteiger partial charge in [0.25, 0.3) is 0 Å². The molecule has 1 aliphatic carbocycles. The lowest BCUT2D eigenvalue weighted by molar-refractivity contribution is 0.184. The average Bonchev–Trinajstić information content (AvgIpc) is 2.27. The van der Waals surface area contributed by atoms with Gasteiger partial charge < -0.3 is 10.4 Å². The highest BCUT2D eigenvalue weighted by Gasteiger charge is 2.15. The van der Waals surface area contributed by atoms with Gasteiger partial charge in [0, 0.05) is 12.6 Å². The first kappa shape index (κ1) is 11.0. The summed E-state index contributed by atoms with van der Waals surface area (Å²) in [5.74, 6) is 0.901. The molecule has 0 aromatic rings. The third-order valence-electron chi connectivity index (χ3n) is 2.96. The maximum absolute atomic E-state index is 9.14. The Morgan fingerprint density at radius 3 is 2.77 bits per heavy atom. The molecule has 1 saturated carbocycles. The molecular weight excluding hydrogens is 162 g/mol. The highest BCUT2D eigenvalue weighted by Crippen LogP contribution is 2.22. The second kappa shape index (κ2) is 5.61. The smallest absolute Gasteiger partial charge is 0.0636 e. The third-order valence-corrected chi connectivity index (χ3v) is 2.96. The first-order valence-corrected chi connectivity index (χ1v) is 5.60. The van der Waals surface area contributed by atoms with Crippen molar-refractivity contribution in [2.45, 2.75) is 58.1 Å². The van der Waals surface area contributed by atoms with Crippen LogP contribution >= 0.6 is 0 Å². The molecule has 2 heteroatoms. The normalized spacial score (nSPS) is 32.5. The van der Waals surface area contributed by atoms with Gasteiger partial charge in [-0.3, -0.25) is 0 Å². The highest BCUT2D eigenvalue weighted by atomic mass is 16.3. The van der Waals surface area contributed by atoms with E-state index < -0.39 is 0 Å². The molecule has 78 valence electrons. The van der Waals surface area contributed by atoms with Gasteiger partial charge in [-0.2, -0.15) is 0 Å². The van der Waals surface area contributed by atoms with Crippen LogP contribution in [0.25, 0.3) is 0 Å². The molecule has 0 spiro atoms. The minimum atomic E-state index is -0.208. The summed E-state index contributed by atoms with van der Waals surface area (Å²) < 4.78 is 0. The Hall–Kier alpha value is -0.0800. The van der Waals surface area contributed by atoms with Crippen LogP contribution in [0.4, 0.5) is 0 Å². The molecule has 2 unspecified atom stereocenters. The van der Waals surface area contributed by atoms with Crippen molar-refractivity contribution in [3.05, 3.63) is 0 Å². The van der Waals surface area contributed by atoms with E-state index >= 15 is 0 Å². The van der Waals surface area contributed by atoms with E-state index in [1.54, 1.807) is 0 Å². The number of aliphatic hydroxyl groups excluding tert-OH is 1. The zero-order valence-electron chi connectivity index (χ0n) is 8.92. The Morgan fingerprint density at radius 1 is 1.31 bits per heavy atom. The molecule has 0 amide bonds. The molecule has 0 aliphatic heterocycles. The molecule has 0 heterocycles. The molecule has 0 saturated heterocycles. The molecule has 13 heavy (non-hydrogen) atoms. The largest absolute Gasteiger partial charge is 0.392 e. The molecule has 1 rings (SSSR count). The van der Waals surface area contributed by atoms with Gasteiger partial charge in [0.1, 0.15) is 0 Å². The Kier molecular flexibility index (Phi) is 4.74. The van der Waals surface area contributed by atoms with Crippen molar-refractivity contribution in [2.75, 3.05) is 6.54 Å². The van der Waals surface area contributed by atoms with Crippen LogP contribution in [0.3, 0.4) is 0 Å². The molecule has 2 nitrogen and oxygen atoms in total. The lowest BCUT2D eigenvalue weighted by atomic mass is 10.0. The third kappa shape index (κ3) is 4.63. The van der Waals surface area contributed by atoms with E-state index in [2.05, 4.69) is 12.2 Å². The number of hydrogen-bond acceptors (Lipinski definition) is 2. The Morgan fingerprint density at radius 2 is 2.08 bits per heavy atom. The first-order valence-electron chi connectivity index (χ1n) is 5.60. The van der Waals surface area contributed by atoms with E-state index in [4.69, 9.17) is 5.11 Å². The zero-order chi connectivity index (χ0) is 9.68. The van der Waals surface area contributed by atoms with Gasteiger partial charge in [0.05, 0.1) is 6.10 Å². The summed E-state index contributed by atoms with van der Waals surface area (Å²) in [6.07, 6.45) is 6.44. The molecule has 0 aromatic carbocycles. The van der Waals surface area contributed by atoms with Gasteiger partial charge >= 0.3 is 0 Å². The molecule has 1 aliphatic rings. The van der Waals surface area contributed by atoms with E-state index in [0.29, 0.717) is 6.04 Å². The zero-order valence-corrected chi connectivity index (χ0v) is 8.92. The van der Waals surface area contributed by atoms with Crippen LogP contribution in [0.5, 0.6) is 0 Å². The maximum Gasteiger partial charge on any atom is 0.0636 e. The van der Waals surface area contributed by atoms with Crippen molar-refractivity contribution >= 4 is 0 Å². The molecule has 0 aromatic heterocycles. The predicted octanol–water partition coefficient (Wildman–Crippen LogP) is 1.93. The topological polar surface area (TPSA) is 32.3 Å². The van der Waals surface area contributed by atoms with Gasteiger partial charge in [-0.05, 0) is 32.1 Å². The van der Waals surface area contributed by atoms with Crippen LogP contribution in [-0.2, 0) is 0 Å². The number of rotatable bonds is 3. The van der Waals surface area contributed by atoms with Gasteiger partial charge in [0.15, 0.2) is 0 Å². The second-order valence-corrected chi connectivity index (χ2v) is 4.57. The maximum atomic E-state index is 9.14. The van der Waals surface area contributed by atoms with Crippen LogP contribution in [0.15, 0.2) is 0 Å². The summed E-state index contributed by atoms with van der Waals surface area (Å²) in [4.78, 5) is 0. The monoisotopic (exact) mass is 185 g/mol. The van der Waals surface area contributed by atoms with Gasteiger partial charge in [0.2, 0.25) is 0 Å². The van der Waals surface area contributed by atoms with Crippen molar-refractivity contribution < 1.29 is 5.11 Å². The van der Waals surface area contributed by atoms with Crippen LogP contribution in [0.2, 0.25) is 0 Å². The minimum Gasteiger partial charge on any atom is -0.392 e. The second-order valence-electron chi connectivity index (χ2n) is 4.57. The summed E-state index contributed by atoms with van der Waals surface area (Å²) in [5, 5.41) is 12.6. The van der Waals surface area contributed by atoms with Crippen LogP contribution in [0.1, 0.15) is 46.0 Å². The van der Waals surface area contributed by atoms with Crippen LogP contribution in [0, 0.1) is 5.92 Å². The number of nitrogens with one attached hydrogen (secondary N) is 1. The van der Waals surface area contributed by atoms with Gasteiger partial charge in [-0.1, -0.05) is 19.8 Å². The Balaban J connectivity index is 2.18. The first-order chi connectivity index (χ1) is 6.18. The van der Waals surface area contributed by atoms with Crippen molar-refractivity contribution in [1.29, 1.82) is 0 Å². The lowest BCUT2D eigenvalue weighted by Crippen LogP contribution is -2.34. The predicted molar refractivity (Wildman–Crippen MR) is 55.7 cm³/mol. The van der Waals surface area contributed by atoms with E-state index in [-0.39, 0.29) is 6.10 Å². The summed E-state index contributed by atoms with van der Waals surface area (Å²) in [7, 11) is 0. The molecule has 0 bridgehead atoms. The van der Waals surface area contributed by atoms with Crippen LogP contribution in [-0.4, -0.2) is 23.8 Å². The quantitative estimate of drug-likeness (QED) is 0.658. The molecule has 2 N–H and O–H groups in total. The molecule has 0 radical (unpaired) electrons. The fourth-order valence-corrected chi connectivity index (χ4v) is 2.03. The standard InChI is InChI=1S/C11H23NO/c1-9-4-3-5-11(7-6-9)12-8-10(2)13/h9-13H,3-8H2,1-2H3/t9?,10-,11?/m1/s1. The Bertz CT molecular complexity index is 136. The fourth-order valence-electron chi connectivity index (χ4n) is 2.03. The highest BCUT2D eigenvalue weighted by molar-refractivity contribution is 4.73. The van der Waals surface area contributed by atoms with E-state index in [1.807, 2.05) is 6.92 Å². The summed E-state index contributed by atoms with van der Waals surface area (Å²) in [6.45, 7) is 4.93. The molecular formula is C11H23NO. The van der Waals surface area contributed by atoms with Crippen LogP contribution < -0.4 is 5.32 Å². The molecule has 3 atom stereocenters. The van der Waals surface area contributed by atoms with Gasteiger partial charge in [-0.25, -0.2) is 0 Å². The van der Waals surface area contributed by atoms with Crippen molar-refractivity contribution in [3.8, 4) is 0 Å². The summed E-state index contributed by atoms with van der Waals surface area (Å²) >= 11 is 0. The fraction of sp³-hybridized carbons (Fsp3) is 1.00. The minimum absolute atomic E-state index is 0.208. The van der Waals surface area contributed by atoms with E-state index in [9.17, 15) is 0 Å². The van der Waals surface area contributed by atoms with E-state index in [0.717, 1.165) is 12.5 Å². The number of aliphatic hydroxyl groups is 1. The average molecular weight is 185 g/mol. The van der Waals surface area contributed by atoms with Crippen molar-refractivity contribution in [2.24, 2.45) is 5.92 Å². The van der Waals surface area contributed by atoms with Gasteiger partial charge in [-0.15, -0.1) is 0 Å². The van der Waals surface area contributed by atoms with Crippen molar-refractivity contribution in [1.82, 2.24) is 5.32 Å². The SMILES string of the molecule is CC1CCCC(NC[C@@H](C)O)CC1. The van der Waals surface area contributed by atoms with E-state index in [1.165, 1.54) is 32.1 Å². The summed E-state index contributed by atoms with van der Waals surface area (Å²) in [6, 6.07) is 0.652.